The van der Waals surface area contributed by atoms with Gasteiger partial charge in [0.15, 0.2) is 6.61 Å². The van der Waals surface area contributed by atoms with Crippen LogP contribution in [0.25, 0.3) is 0 Å². The molecule has 3 aromatic rings. The SMILES string of the molecule is Cc1c(C(=O)OCC(=O)c2cc(C)n(Cc3cccs3)c2C)cccc1[N+](=O)[O-]. The molecule has 0 aliphatic rings. The molecular formula is C21H20N2O5S. The Morgan fingerprint density at radius 3 is 2.55 bits per heavy atom. The van der Waals surface area contributed by atoms with Gasteiger partial charge in [-0.1, -0.05) is 12.1 Å². The molecule has 29 heavy (non-hydrogen) atoms. The number of thiophene rings is 1. The lowest BCUT2D eigenvalue weighted by atomic mass is 10.1. The number of esters is 1. The number of carbonyl (C=O) groups excluding carboxylic acids is 2. The summed E-state index contributed by atoms with van der Waals surface area (Å²) in [5.74, 6) is -1.07. The van der Waals surface area contributed by atoms with E-state index in [9.17, 15) is 19.7 Å². The predicted molar refractivity (Wildman–Crippen MR) is 110 cm³/mol. The molecule has 0 radical (unpaired) electrons. The van der Waals surface area contributed by atoms with E-state index in [1.54, 1.807) is 17.4 Å². The number of aromatic nitrogens is 1. The van der Waals surface area contributed by atoms with Crippen molar-refractivity contribution in [1.82, 2.24) is 4.57 Å². The number of benzene rings is 1. The third-order valence-corrected chi connectivity index (χ3v) is 5.69. The molecule has 0 aliphatic carbocycles. The first-order valence-electron chi connectivity index (χ1n) is 8.93. The van der Waals surface area contributed by atoms with Crippen molar-refractivity contribution in [2.75, 3.05) is 6.61 Å². The van der Waals surface area contributed by atoms with E-state index in [4.69, 9.17) is 4.74 Å². The topological polar surface area (TPSA) is 91.4 Å². The maximum Gasteiger partial charge on any atom is 0.339 e. The van der Waals surface area contributed by atoms with Gasteiger partial charge in [-0.05, 0) is 44.4 Å². The van der Waals surface area contributed by atoms with Gasteiger partial charge in [0.25, 0.3) is 5.69 Å². The number of ketones is 1. The summed E-state index contributed by atoms with van der Waals surface area (Å²) >= 11 is 1.65. The quantitative estimate of drug-likeness (QED) is 0.247. The van der Waals surface area contributed by atoms with E-state index in [1.165, 1.54) is 30.0 Å². The Bertz CT molecular complexity index is 1080. The van der Waals surface area contributed by atoms with Gasteiger partial charge in [0, 0.05) is 33.5 Å². The summed E-state index contributed by atoms with van der Waals surface area (Å²) in [5.41, 5.74) is 2.38. The highest BCUT2D eigenvalue weighted by atomic mass is 32.1. The summed E-state index contributed by atoms with van der Waals surface area (Å²) in [4.78, 5) is 36.6. The van der Waals surface area contributed by atoms with Crippen LogP contribution >= 0.6 is 11.3 Å². The van der Waals surface area contributed by atoms with Crippen molar-refractivity contribution >= 4 is 28.8 Å². The van der Waals surface area contributed by atoms with Crippen molar-refractivity contribution in [3.63, 3.8) is 0 Å². The van der Waals surface area contributed by atoms with Crippen LogP contribution in [0, 0.1) is 30.9 Å². The smallest absolute Gasteiger partial charge is 0.339 e. The van der Waals surface area contributed by atoms with E-state index in [0.717, 1.165) is 11.4 Å². The highest BCUT2D eigenvalue weighted by Crippen LogP contribution is 2.23. The van der Waals surface area contributed by atoms with E-state index in [1.807, 2.05) is 35.9 Å². The fourth-order valence-electron chi connectivity index (χ4n) is 3.21. The first-order chi connectivity index (χ1) is 13.8. The summed E-state index contributed by atoms with van der Waals surface area (Å²) in [6, 6.07) is 9.99. The van der Waals surface area contributed by atoms with Crippen LogP contribution in [0.4, 0.5) is 5.69 Å². The number of hydrogen-bond donors (Lipinski definition) is 0. The zero-order chi connectivity index (χ0) is 21.1. The third kappa shape index (κ3) is 4.27. The van der Waals surface area contributed by atoms with Gasteiger partial charge in [-0.3, -0.25) is 14.9 Å². The summed E-state index contributed by atoms with van der Waals surface area (Å²) < 4.78 is 7.20. The van der Waals surface area contributed by atoms with Crippen LogP contribution in [-0.4, -0.2) is 27.8 Å². The van der Waals surface area contributed by atoms with Crippen molar-refractivity contribution in [3.05, 3.63) is 84.8 Å². The predicted octanol–water partition coefficient (Wildman–Crippen LogP) is 4.47. The number of nitro groups is 1. The van der Waals surface area contributed by atoms with E-state index >= 15 is 0 Å². The van der Waals surface area contributed by atoms with E-state index in [0.29, 0.717) is 12.1 Å². The van der Waals surface area contributed by atoms with Gasteiger partial charge in [-0.25, -0.2) is 4.79 Å². The lowest BCUT2D eigenvalue weighted by Crippen LogP contribution is -2.16. The summed E-state index contributed by atoms with van der Waals surface area (Å²) in [6.07, 6.45) is 0. The summed E-state index contributed by atoms with van der Waals surface area (Å²) in [5, 5.41) is 13.0. The van der Waals surface area contributed by atoms with Crippen LogP contribution in [0.1, 0.15) is 42.5 Å². The molecule has 0 bridgehead atoms. The second-order valence-corrected chi connectivity index (χ2v) is 7.69. The van der Waals surface area contributed by atoms with E-state index in [2.05, 4.69) is 0 Å². The highest BCUT2D eigenvalue weighted by molar-refractivity contribution is 7.09. The van der Waals surface area contributed by atoms with Crippen molar-refractivity contribution in [1.29, 1.82) is 0 Å². The third-order valence-electron chi connectivity index (χ3n) is 4.82. The molecule has 1 aromatic carbocycles. The molecule has 150 valence electrons. The van der Waals surface area contributed by atoms with E-state index in [-0.39, 0.29) is 22.6 Å². The number of hydrogen-bond acceptors (Lipinski definition) is 6. The van der Waals surface area contributed by atoms with E-state index < -0.39 is 17.5 Å². The summed E-state index contributed by atoms with van der Waals surface area (Å²) in [7, 11) is 0. The Kier molecular flexibility index (Phi) is 5.93. The summed E-state index contributed by atoms with van der Waals surface area (Å²) in [6.45, 7) is 5.52. The van der Waals surface area contributed by atoms with Crippen molar-refractivity contribution in [2.45, 2.75) is 27.3 Å². The van der Waals surface area contributed by atoms with Gasteiger partial charge in [-0.15, -0.1) is 11.3 Å². The molecule has 0 amide bonds. The Morgan fingerprint density at radius 2 is 1.90 bits per heavy atom. The zero-order valence-electron chi connectivity index (χ0n) is 16.3. The average molecular weight is 412 g/mol. The van der Waals surface area contributed by atoms with Gasteiger partial charge in [0.05, 0.1) is 17.0 Å². The first-order valence-corrected chi connectivity index (χ1v) is 9.81. The molecule has 0 aliphatic heterocycles. The van der Waals surface area contributed by atoms with Crippen molar-refractivity contribution in [3.8, 4) is 0 Å². The van der Waals surface area contributed by atoms with Crippen molar-refractivity contribution in [2.24, 2.45) is 0 Å². The zero-order valence-corrected chi connectivity index (χ0v) is 17.1. The van der Waals surface area contributed by atoms with Crippen LogP contribution in [0.5, 0.6) is 0 Å². The number of nitro benzene ring substituents is 1. The largest absolute Gasteiger partial charge is 0.454 e. The van der Waals surface area contributed by atoms with Gasteiger partial charge in [-0.2, -0.15) is 0 Å². The van der Waals surface area contributed by atoms with Crippen LogP contribution in [-0.2, 0) is 11.3 Å². The lowest BCUT2D eigenvalue weighted by Gasteiger charge is -2.09. The van der Waals surface area contributed by atoms with Gasteiger partial charge >= 0.3 is 5.97 Å². The molecule has 0 N–H and O–H groups in total. The average Bonchev–Trinajstić information content (AvgIpc) is 3.29. The van der Waals surface area contributed by atoms with Crippen molar-refractivity contribution < 1.29 is 19.2 Å². The normalized spacial score (nSPS) is 10.7. The molecule has 0 atom stereocenters. The standard InChI is InChI=1S/C21H20N2O5S/c1-13-10-18(15(3)22(13)11-16-6-5-9-29-16)20(24)12-28-21(25)17-7-4-8-19(14(17)2)23(26)27/h4-10H,11-12H2,1-3H3. The molecule has 0 saturated carbocycles. The number of rotatable bonds is 7. The molecule has 0 spiro atoms. The Labute approximate surface area is 171 Å². The maximum absolute atomic E-state index is 12.6. The molecule has 2 heterocycles. The Hall–Kier alpha value is -3.26. The molecule has 0 fully saturated rings. The molecule has 2 aromatic heterocycles. The molecule has 8 heteroatoms. The van der Waals surface area contributed by atoms with Crippen LogP contribution in [0.3, 0.4) is 0 Å². The highest BCUT2D eigenvalue weighted by Gasteiger charge is 2.21. The number of Topliss-reactive ketones (excluding diaryl/α,β-unsaturated/α-hetero) is 1. The molecule has 0 saturated heterocycles. The van der Waals surface area contributed by atoms with Gasteiger partial charge < -0.3 is 9.30 Å². The number of carbonyl (C=O) groups is 2. The molecule has 0 unspecified atom stereocenters. The molecular weight excluding hydrogens is 392 g/mol. The second kappa shape index (κ2) is 8.40. The number of aryl methyl sites for hydroxylation is 1. The lowest BCUT2D eigenvalue weighted by molar-refractivity contribution is -0.385. The number of nitrogens with zero attached hydrogens (tertiary/aromatic N) is 2. The number of ether oxygens (including phenoxy) is 1. The fraction of sp³-hybridized carbons (Fsp3) is 0.238. The minimum absolute atomic E-state index is 0.0789. The van der Waals surface area contributed by atoms with Crippen LogP contribution < -0.4 is 0 Å². The Morgan fingerprint density at radius 1 is 1.14 bits per heavy atom. The first kappa shape index (κ1) is 20.5. The van der Waals surface area contributed by atoms with Gasteiger partial charge in [0.1, 0.15) is 0 Å². The maximum atomic E-state index is 12.6. The molecule has 3 rings (SSSR count). The second-order valence-electron chi connectivity index (χ2n) is 6.66. The minimum atomic E-state index is -0.757. The fourth-order valence-corrected chi connectivity index (χ4v) is 3.91. The monoisotopic (exact) mass is 412 g/mol. The van der Waals surface area contributed by atoms with Crippen LogP contribution in [0.2, 0.25) is 0 Å². The Balaban J connectivity index is 1.72. The minimum Gasteiger partial charge on any atom is -0.454 e. The molecule has 7 nitrogen and oxygen atoms in total. The van der Waals surface area contributed by atoms with Gasteiger partial charge in [0.2, 0.25) is 5.78 Å². The van der Waals surface area contributed by atoms with Crippen LogP contribution in [0.15, 0.2) is 41.8 Å².